The number of rotatable bonds is 6. The summed E-state index contributed by atoms with van der Waals surface area (Å²) in [5.74, 6) is 1.87. The van der Waals surface area contributed by atoms with Crippen molar-refractivity contribution < 1.29 is 4.42 Å². The lowest BCUT2D eigenvalue weighted by molar-refractivity contribution is 0.672. The molecule has 284 valence electrons. The van der Waals surface area contributed by atoms with Crippen LogP contribution >= 0.6 is 0 Å². The second-order valence-corrected chi connectivity index (χ2v) is 15.4. The topological polar surface area (TPSA) is 64.7 Å². The van der Waals surface area contributed by atoms with Gasteiger partial charge in [-0.2, -0.15) is 0 Å². The largest absolute Gasteiger partial charge is 0.455 e. The molecule has 12 aromatic rings. The summed E-state index contributed by atoms with van der Waals surface area (Å²) in [5.41, 5.74) is 11.8. The number of aromatic nitrogens is 4. The highest BCUT2D eigenvalue weighted by Gasteiger charge is 2.21. The quantitative estimate of drug-likeness (QED) is 0.157. The molecule has 0 spiro atoms. The van der Waals surface area contributed by atoms with Gasteiger partial charge in [0.15, 0.2) is 17.5 Å². The summed E-state index contributed by atoms with van der Waals surface area (Å²) in [6.45, 7) is 0. The SMILES string of the molecule is c1ccc(-c2ccc(-c3nc(-c4ccccc4)nc(-c4ccc(-c5ccc6nc(-c7cc8ccccc8c8ccccc78)c7c8ccccc8oc7c6c5)cc4)n3)cc2)cc1. The van der Waals surface area contributed by atoms with Crippen LogP contribution in [0.1, 0.15) is 0 Å². The van der Waals surface area contributed by atoms with Gasteiger partial charge < -0.3 is 4.42 Å². The van der Waals surface area contributed by atoms with Crippen LogP contribution in [0.2, 0.25) is 0 Å². The van der Waals surface area contributed by atoms with Crippen molar-refractivity contribution in [1.82, 2.24) is 19.9 Å². The normalized spacial score (nSPS) is 11.6. The fourth-order valence-corrected chi connectivity index (χ4v) is 8.69. The van der Waals surface area contributed by atoms with Crippen molar-refractivity contribution in [1.29, 1.82) is 0 Å². The molecule has 0 saturated carbocycles. The highest BCUT2D eigenvalue weighted by Crippen LogP contribution is 2.44. The molecule has 0 bridgehead atoms. The molecule has 0 radical (unpaired) electrons. The van der Waals surface area contributed by atoms with Crippen LogP contribution in [-0.2, 0) is 0 Å². The predicted octanol–water partition coefficient (Wildman–Crippen LogP) is 14.6. The summed E-state index contributed by atoms with van der Waals surface area (Å²) < 4.78 is 6.76. The Hall–Kier alpha value is -8.28. The average Bonchev–Trinajstić information content (AvgIpc) is 3.74. The highest BCUT2D eigenvalue weighted by molar-refractivity contribution is 6.23. The maximum atomic E-state index is 6.76. The lowest BCUT2D eigenvalue weighted by Crippen LogP contribution is -2.00. The van der Waals surface area contributed by atoms with E-state index in [0.717, 1.165) is 77.5 Å². The van der Waals surface area contributed by atoms with Crippen LogP contribution in [0.4, 0.5) is 0 Å². The van der Waals surface area contributed by atoms with Crippen molar-refractivity contribution >= 4 is 54.4 Å². The zero-order chi connectivity index (χ0) is 40.3. The van der Waals surface area contributed by atoms with Crippen LogP contribution in [-0.4, -0.2) is 19.9 Å². The molecule has 0 aliphatic heterocycles. The van der Waals surface area contributed by atoms with E-state index in [-0.39, 0.29) is 0 Å². The Morgan fingerprint density at radius 2 is 0.787 bits per heavy atom. The third kappa shape index (κ3) is 6.02. The zero-order valence-corrected chi connectivity index (χ0v) is 32.8. The summed E-state index contributed by atoms with van der Waals surface area (Å²) in [5, 5.41) is 7.82. The Labute approximate surface area is 351 Å². The summed E-state index contributed by atoms with van der Waals surface area (Å²) in [7, 11) is 0. The molecule has 0 fully saturated rings. The van der Waals surface area contributed by atoms with Gasteiger partial charge in [-0.05, 0) is 68.1 Å². The van der Waals surface area contributed by atoms with Gasteiger partial charge in [-0.1, -0.05) is 182 Å². The lowest BCUT2D eigenvalue weighted by atomic mass is 9.93. The predicted molar refractivity (Wildman–Crippen MR) is 250 cm³/mol. The minimum absolute atomic E-state index is 0.614. The number of nitrogens with zero attached hydrogens (tertiary/aromatic N) is 4. The van der Waals surface area contributed by atoms with Gasteiger partial charge in [0.2, 0.25) is 0 Å². The second-order valence-electron chi connectivity index (χ2n) is 15.4. The molecular weight excluding hydrogens is 745 g/mol. The molecule has 0 amide bonds. The zero-order valence-electron chi connectivity index (χ0n) is 32.8. The molecule has 0 unspecified atom stereocenters. The Morgan fingerprint density at radius 1 is 0.311 bits per heavy atom. The van der Waals surface area contributed by atoms with E-state index in [1.165, 1.54) is 27.1 Å². The summed E-state index contributed by atoms with van der Waals surface area (Å²) in [6.07, 6.45) is 0. The number of hydrogen-bond acceptors (Lipinski definition) is 5. The fraction of sp³-hybridized carbons (Fsp3) is 0. The molecule has 9 aromatic carbocycles. The number of para-hydroxylation sites is 1. The van der Waals surface area contributed by atoms with Crippen LogP contribution < -0.4 is 0 Å². The van der Waals surface area contributed by atoms with Gasteiger partial charge in [-0.25, -0.2) is 19.9 Å². The van der Waals surface area contributed by atoms with Gasteiger partial charge in [-0.3, -0.25) is 0 Å². The van der Waals surface area contributed by atoms with Crippen LogP contribution in [0.25, 0.3) is 122 Å². The van der Waals surface area contributed by atoms with Crippen molar-refractivity contribution in [2.24, 2.45) is 0 Å². The van der Waals surface area contributed by atoms with Crippen LogP contribution in [0.3, 0.4) is 0 Å². The summed E-state index contributed by atoms with van der Waals surface area (Å²) >= 11 is 0. The van der Waals surface area contributed by atoms with Gasteiger partial charge in [0.1, 0.15) is 11.2 Å². The Kier molecular flexibility index (Phi) is 8.10. The summed E-state index contributed by atoms with van der Waals surface area (Å²) in [6, 6.07) is 71.6. The molecule has 5 nitrogen and oxygen atoms in total. The molecule has 0 N–H and O–H groups in total. The van der Waals surface area contributed by atoms with Crippen molar-refractivity contribution in [3.63, 3.8) is 0 Å². The molecule has 0 aliphatic rings. The van der Waals surface area contributed by atoms with Gasteiger partial charge in [-0.15, -0.1) is 0 Å². The van der Waals surface area contributed by atoms with E-state index in [9.17, 15) is 0 Å². The number of benzene rings is 9. The molecule has 12 rings (SSSR count). The fourth-order valence-electron chi connectivity index (χ4n) is 8.69. The monoisotopic (exact) mass is 778 g/mol. The molecule has 0 saturated heterocycles. The van der Waals surface area contributed by atoms with Crippen LogP contribution in [0, 0.1) is 0 Å². The average molecular weight is 779 g/mol. The second kappa shape index (κ2) is 14.2. The Morgan fingerprint density at radius 3 is 1.46 bits per heavy atom. The number of pyridine rings is 1. The maximum absolute atomic E-state index is 6.76. The van der Waals surface area contributed by atoms with Crippen molar-refractivity contribution in [2.45, 2.75) is 0 Å². The summed E-state index contributed by atoms with van der Waals surface area (Å²) in [4.78, 5) is 20.4. The van der Waals surface area contributed by atoms with E-state index in [2.05, 4.69) is 158 Å². The highest BCUT2D eigenvalue weighted by atomic mass is 16.3. The lowest BCUT2D eigenvalue weighted by Gasteiger charge is -2.13. The number of fused-ring (bicyclic) bond motifs is 8. The van der Waals surface area contributed by atoms with Crippen molar-refractivity contribution in [2.75, 3.05) is 0 Å². The van der Waals surface area contributed by atoms with Gasteiger partial charge >= 0.3 is 0 Å². The van der Waals surface area contributed by atoms with Crippen molar-refractivity contribution in [3.05, 3.63) is 206 Å². The first-order valence-corrected chi connectivity index (χ1v) is 20.5. The van der Waals surface area contributed by atoms with Crippen LogP contribution in [0.15, 0.2) is 211 Å². The molecule has 3 aromatic heterocycles. The molecular formula is C56H34N4O. The molecule has 5 heteroatoms. The molecule has 0 aliphatic carbocycles. The third-order valence-corrected chi connectivity index (χ3v) is 11.7. The van der Waals surface area contributed by atoms with E-state index in [1.807, 2.05) is 48.5 Å². The molecule has 3 heterocycles. The molecule has 0 atom stereocenters. The maximum Gasteiger partial charge on any atom is 0.164 e. The van der Waals surface area contributed by atoms with E-state index in [0.29, 0.717) is 17.5 Å². The van der Waals surface area contributed by atoms with E-state index in [4.69, 9.17) is 24.4 Å². The first kappa shape index (κ1) is 34.7. The van der Waals surface area contributed by atoms with Gasteiger partial charge in [0.25, 0.3) is 0 Å². The van der Waals surface area contributed by atoms with Crippen LogP contribution in [0.5, 0.6) is 0 Å². The standard InChI is InChI=1S/C56H34N4O/c1-3-13-35(14-4-1)36-23-27-39(28-24-36)55-58-54(38-15-5-2-6-16-38)59-56(60-55)40-29-25-37(26-30-40)41-31-32-49-48(33-41)53-51(46-21-11-12-22-50(46)61-53)52(57-49)47-34-42-17-7-8-18-43(42)44-19-9-10-20-45(44)47/h1-34H. The minimum Gasteiger partial charge on any atom is -0.455 e. The minimum atomic E-state index is 0.614. The first-order chi connectivity index (χ1) is 30.2. The molecule has 61 heavy (non-hydrogen) atoms. The van der Waals surface area contributed by atoms with E-state index < -0.39 is 0 Å². The Balaban J connectivity index is 0.961. The van der Waals surface area contributed by atoms with E-state index >= 15 is 0 Å². The first-order valence-electron chi connectivity index (χ1n) is 20.5. The van der Waals surface area contributed by atoms with Crippen molar-refractivity contribution in [3.8, 4) is 67.7 Å². The van der Waals surface area contributed by atoms with Gasteiger partial charge in [0, 0.05) is 33.0 Å². The number of furan rings is 1. The van der Waals surface area contributed by atoms with E-state index in [1.54, 1.807) is 0 Å². The van der Waals surface area contributed by atoms with Gasteiger partial charge in [0.05, 0.1) is 16.6 Å². The third-order valence-electron chi connectivity index (χ3n) is 11.7. The smallest absolute Gasteiger partial charge is 0.164 e. The number of hydrogen-bond donors (Lipinski definition) is 0. The Bertz CT molecular complexity index is 3620.